The average Bonchev–Trinajstić information content (AvgIpc) is 3.08. The Morgan fingerprint density at radius 1 is 1.23 bits per heavy atom. The van der Waals surface area contributed by atoms with Crippen LogP contribution in [0.1, 0.15) is 28.8 Å². The summed E-state index contributed by atoms with van der Waals surface area (Å²) in [6, 6.07) is 12.7. The van der Waals surface area contributed by atoms with Crippen LogP contribution in [0.5, 0.6) is 0 Å². The molecule has 132 valence electrons. The molecule has 0 aliphatic carbocycles. The molecule has 1 saturated heterocycles. The highest BCUT2D eigenvalue weighted by Crippen LogP contribution is 2.22. The number of carbonyl (C=O) groups is 2. The lowest BCUT2D eigenvalue weighted by Crippen LogP contribution is -2.24. The van der Waals surface area contributed by atoms with Crippen molar-refractivity contribution in [2.24, 2.45) is 5.10 Å². The van der Waals surface area contributed by atoms with Crippen LogP contribution in [-0.4, -0.2) is 29.5 Å². The lowest BCUT2D eigenvalue weighted by molar-refractivity contribution is -0.384. The van der Waals surface area contributed by atoms with E-state index in [4.69, 9.17) is 0 Å². The van der Waals surface area contributed by atoms with E-state index in [0.717, 1.165) is 6.42 Å². The molecule has 8 nitrogen and oxygen atoms in total. The molecule has 0 aromatic heterocycles. The van der Waals surface area contributed by atoms with Crippen molar-refractivity contribution >= 4 is 29.4 Å². The van der Waals surface area contributed by atoms with Gasteiger partial charge in [-0.2, -0.15) is 5.10 Å². The molecule has 0 radical (unpaired) electrons. The number of carbonyl (C=O) groups excluding carboxylic acids is 2. The minimum absolute atomic E-state index is 0.0475. The molecular formula is C18H16N4O4. The van der Waals surface area contributed by atoms with Gasteiger partial charge in [-0.05, 0) is 24.6 Å². The molecule has 1 aliphatic rings. The van der Waals surface area contributed by atoms with Crippen LogP contribution < -0.4 is 10.3 Å². The van der Waals surface area contributed by atoms with Gasteiger partial charge >= 0.3 is 0 Å². The fraction of sp³-hybridized carbons (Fsp3) is 0.167. The fourth-order valence-electron chi connectivity index (χ4n) is 2.68. The minimum Gasteiger partial charge on any atom is -0.312 e. The summed E-state index contributed by atoms with van der Waals surface area (Å²) in [4.78, 5) is 35.9. The molecule has 1 fully saturated rings. The maximum Gasteiger partial charge on any atom is 0.271 e. The van der Waals surface area contributed by atoms with Gasteiger partial charge in [-0.3, -0.25) is 19.7 Å². The van der Waals surface area contributed by atoms with Gasteiger partial charge in [0.2, 0.25) is 5.91 Å². The molecule has 8 heteroatoms. The van der Waals surface area contributed by atoms with Crippen molar-refractivity contribution in [3.63, 3.8) is 0 Å². The largest absolute Gasteiger partial charge is 0.312 e. The van der Waals surface area contributed by atoms with Gasteiger partial charge in [-0.15, -0.1) is 0 Å². The number of benzene rings is 2. The number of non-ortho nitro benzene ring substituents is 1. The van der Waals surface area contributed by atoms with Gasteiger partial charge < -0.3 is 4.90 Å². The summed E-state index contributed by atoms with van der Waals surface area (Å²) in [6.07, 6.45) is 2.66. The molecule has 1 N–H and O–H groups in total. The second-order valence-electron chi connectivity index (χ2n) is 5.75. The Morgan fingerprint density at radius 3 is 2.77 bits per heavy atom. The van der Waals surface area contributed by atoms with Crippen molar-refractivity contribution in [1.82, 2.24) is 5.43 Å². The highest BCUT2D eigenvalue weighted by atomic mass is 16.6. The number of anilines is 1. The lowest BCUT2D eigenvalue weighted by atomic mass is 10.2. The van der Waals surface area contributed by atoms with Crippen molar-refractivity contribution in [3.8, 4) is 0 Å². The SMILES string of the molecule is O=C(N/N=C\c1cccc([N+](=O)[O-])c1)c1cccc(N2CCCC2=O)c1. The van der Waals surface area contributed by atoms with Gasteiger partial charge in [-0.1, -0.05) is 18.2 Å². The Morgan fingerprint density at radius 2 is 2.04 bits per heavy atom. The number of hydrogen-bond donors (Lipinski definition) is 1. The summed E-state index contributed by atoms with van der Waals surface area (Å²) >= 11 is 0. The van der Waals surface area contributed by atoms with Gasteiger partial charge in [0.15, 0.2) is 0 Å². The van der Waals surface area contributed by atoms with Gasteiger partial charge in [0.05, 0.1) is 11.1 Å². The normalized spacial score (nSPS) is 14.0. The lowest BCUT2D eigenvalue weighted by Gasteiger charge is -2.16. The van der Waals surface area contributed by atoms with Crippen LogP contribution in [0.25, 0.3) is 0 Å². The Kier molecular flexibility index (Phi) is 5.02. The number of amides is 2. The highest BCUT2D eigenvalue weighted by molar-refractivity contribution is 5.99. The van der Waals surface area contributed by atoms with Crippen molar-refractivity contribution in [2.75, 3.05) is 11.4 Å². The zero-order valence-electron chi connectivity index (χ0n) is 13.8. The van der Waals surface area contributed by atoms with Crippen LogP contribution in [0, 0.1) is 10.1 Å². The number of nitro groups is 1. The standard InChI is InChI=1S/C18H16N4O4/c23-17-8-3-9-21(17)15-6-2-5-14(11-15)18(24)20-19-12-13-4-1-7-16(10-13)22(25)26/h1-2,4-7,10-12H,3,8-9H2,(H,20,24)/b19-12-. The van der Waals surface area contributed by atoms with Crippen LogP contribution in [0.2, 0.25) is 0 Å². The molecule has 2 aromatic carbocycles. The van der Waals surface area contributed by atoms with Gasteiger partial charge in [0.25, 0.3) is 11.6 Å². The van der Waals surface area contributed by atoms with E-state index in [9.17, 15) is 19.7 Å². The first kappa shape index (κ1) is 17.3. The molecule has 1 aliphatic heterocycles. The fourth-order valence-corrected chi connectivity index (χ4v) is 2.68. The predicted molar refractivity (Wildman–Crippen MR) is 96.2 cm³/mol. The number of nitrogens with one attached hydrogen (secondary N) is 1. The van der Waals surface area contributed by atoms with E-state index >= 15 is 0 Å². The molecule has 0 atom stereocenters. The van der Waals surface area contributed by atoms with Crippen LogP contribution in [0.15, 0.2) is 53.6 Å². The molecule has 0 bridgehead atoms. The summed E-state index contributed by atoms with van der Waals surface area (Å²) in [7, 11) is 0. The van der Waals surface area contributed by atoms with Crippen LogP contribution >= 0.6 is 0 Å². The third-order valence-corrected chi connectivity index (χ3v) is 3.95. The summed E-state index contributed by atoms with van der Waals surface area (Å²) < 4.78 is 0. The first-order valence-corrected chi connectivity index (χ1v) is 8.03. The van der Waals surface area contributed by atoms with E-state index in [1.807, 2.05) is 0 Å². The second-order valence-corrected chi connectivity index (χ2v) is 5.75. The molecular weight excluding hydrogens is 336 g/mol. The van der Waals surface area contributed by atoms with Gasteiger partial charge in [-0.25, -0.2) is 5.43 Å². The summed E-state index contributed by atoms with van der Waals surface area (Å²) in [5, 5.41) is 14.6. The van der Waals surface area contributed by atoms with Crippen LogP contribution in [0.4, 0.5) is 11.4 Å². The number of nitrogens with zero attached hydrogens (tertiary/aromatic N) is 3. The zero-order chi connectivity index (χ0) is 18.5. The number of hydrazone groups is 1. The third kappa shape index (κ3) is 3.92. The van der Waals surface area contributed by atoms with Crippen LogP contribution in [0.3, 0.4) is 0 Å². The average molecular weight is 352 g/mol. The van der Waals surface area contributed by atoms with E-state index in [1.54, 1.807) is 35.2 Å². The van der Waals surface area contributed by atoms with E-state index in [1.165, 1.54) is 24.4 Å². The second kappa shape index (κ2) is 7.56. The van der Waals surface area contributed by atoms with E-state index < -0.39 is 10.8 Å². The molecule has 2 amide bonds. The van der Waals surface area contributed by atoms with E-state index in [2.05, 4.69) is 10.5 Å². The van der Waals surface area contributed by atoms with Crippen LogP contribution in [-0.2, 0) is 4.79 Å². The van der Waals surface area contributed by atoms with Gasteiger partial charge in [0.1, 0.15) is 0 Å². The minimum atomic E-state index is -0.499. The zero-order valence-corrected chi connectivity index (χ0v) is 13.8. The Bertz CT molecular complexity index is 894. The highest BCUT2D eigenvalue weighted by Gasteiger charge is 2.22. The number of hydrogen-bond acceptors (Lipinski definition) is 5. The summed E-state index contributed by atoms with van der Waals surface area (Å²) in [5.74, 6) is -0.383. The maximum atomic E-state index is 12.2. The van der Waals surface area contributed by atoms with Gasteiger partial charge in [0, 0.05) is 41.9 Å². The molecule has 0 spiro atoms. The van der Waals surface area contributed by atoms with Crippen molar-refractivity contribution in [1.29, 1.82) is 0 Å². The summed E-state index contributed by atoms with van der Waals surface area (Å²) in [6.45, 7) is 0.648. The quantitative estimate of drug-likeness (QED) is 0.507. The Balaban J connectivity index is 1.67. The van der Waals surface area contributed by atoms with E-state index in [0.29, 0.717) is 29.8 Å². The van der Waals surface area contributed by atoms with Crippen molar-refractivity contribution in [2.45, 2.75) is 12.8 Å². The Hall–Kier alpha value is -3.55. The van der Waals surface area contributed by atoms with Crippen molar-refractivity contribution < 1.29 is 14.5 Å². The predicted octanol–water partition coefficient (Wildman–Crippen LogP) is 2.49. The number of rotatable bonds is 5. The molecule has 3 rings (SSSR count). The number of nitro benzene ring substituents is 1. The molecule has 0 unspecified atom stereocenters. The maximum absolute atomic E-state index is 12.2. The first-order valence-electron chi connectivity index (χ1n) is 8.03. The monoisotopic (exact) mass is 352 g/mol. The molecule has 26 heavy (non-hydrogen) atoms. The molecule has 0 saturated carbocycles. The third-order valence-electron chi connectivity index (χ3n) is 3.95. The van der Waals surface area contributed by atoms with Crippen molar-refractivity contribution in [3.05, 3.63) is 69.8 Å². The summed E-state index contributed by atoms with van der Waals surface area (Å²) in [5.41, 5.74) is 3.88. The first-order chi connectivity index (χ1) is 12.5. The molecule has 2 aromatic rings. The smallest absolute Gasteiger partial charge is 0.271 e. The molecule has 1 heterocycles. The topological polar surface area (TPSA) is 105 Å². The van der Waals surface area contributed by atoms with E-state index in [-0.39, 0.29) is 11.6 Å². The Labute approximate surface area is 149 Å².